The SMILES string of the molecule is CN(CCOc1ccc(CC#N)cc1)Cc1ccsc1. The molecular weight excluding hydrogens is 268 g/mol. The van der Waals surface area contributed by atoms with Gasteiger partial charge in [0.1, 0.15) is 12.4 Å². The Kier molecular flexibility index (Phi) is 5.60. The molecule has 4 heteroatoms. The molecule has 1 heterocycles. The van der Waals surface area contributed by atoms with E-state index in [2.05, 4.69) is 34.8 Å². The number of ether oxygens (including phenoxy) is 1. The second-order valence-electron chi connectivity index (χ2n) is 4.70. The number of hydrogen-bond donors (Lipinski definition) is 0. The second-order valence-corrected chi connectivity index (χ2v) is 5.48. The van der Waals surface area contributed by atoms with Crippen molar-refractivity contribution < 1.29 is 4.74 Å². The zero-order valence-corrected chi connectivity index (χ0v) is 12.4. The van der Waals surface area contributed by atoms with Gasteiger partial charge in [-0.15, -0.1) is 0 Å². The predicted molar refractivity (Wildman–Crippen MR) is 81.9 cm³/mol. The first kappa shape index (κ1) is 14.6. The van der Waals surface area contributed by atoms with Crippen molar-refractivity contribution in [3.8, 4) is 11.8 Å². The Labute approximate surface area is 124 Å². The topological polar surface area (TPSA) is 36.3 Å². The number of thiophene rings is 1. The smallest absolute Gasteiger partial charge is 0.119 e. The van der Waals surface area contributed by atoms with Crippen LogP contribution >= 0.6 is 11.3 Å². The molecule has 0 saturated heterocycles. The molecule has 0 bridgehead atoms. The van der Waals surface area contributed by atoms with E-state index in [1.54, 1.807) is 11.3 Å². The molecule has 0 spiro atoms. The van der Waals surface area contributed by atoms with E-state index in [1.165, 1.54) is 5.56 Å². The standard InChI is InChI=1S/C16H18N2OS/c1-18(12-15-7-11-20-13-15)9-10-19-16-4-2-14(3-5-16)6-8-17/h2-5,7,11,13H,6,9-10,12H2,1H3. The zero-order valence-electron chi connectivity index (χ0n) is 11.6. The number of rotatable bonds is 7. The summed E-state index contributed by atoms with van der Waals surface area (Å²) in [6.07, 6.45) is 0.448. The molecule has 0 amide bonds. The van der Waals surface area contributed by atoms with E-state index in [0.717, 1.165) is 24.4 Å². The Bertz CT molecular complexity index is 543. The van der Waals surface area contributed by atoms with Crippen LogP contribution in [0.1, 0.15) is 11.1 Å². The van der Waals surface area contributed by atoms with Crippen LogP contribution < -0.4 is 4.74 Å². The van der Waals surface area contributed by atoms with Crippen molar-refractivity contribution in [1.82, 2.24) is 4.90 Å². The lowest BCUT2D eigenvalue weighted by atomic mass is 10.2. The average molecular weight is 286 g/mol. The van der Waals surface area contributed by atoms with E-state index in [0.29, 0.717) is 13.0 Å². The maximum atomic E-state index is 8.61. The molecule has 0 N–H and O–H groups in total. The van der Waals surface area contributed by atoms with E-state index in [-0.39, 0.29) is 0 Å². The molecule has 104 valence electrons. The summed E-state index contributed by atoms with van der Waals surface area (Å²) in [6.45, 7) is 2.50. The number of benzene rings is 1. The van der Waals surface area contributed by atoms with Gasteiger partial charge in [-0.1, -0.05) is 12.1 Å². The first-order chi connectivity index (χ1) is 9.78. The fourth-order valence-electron chi connectivity index (χ4n) is 1.89. The van der Waals surface area contributed by atoms with Gasteiger partial charge in [-0.2, -0.15) is 16.6 Å². The van der Waals surface area contributed by atoms with Crippen molar-refractivity contribution in [1.29, 1.82) is 5.26 Å². The van der Waals surface area contributed by atoms with Crippen LogP contribution in [0.15, 0.2) is 41.1 Å². The summed E-state index contributed by atoms with van der Waals surface area (Å²) in [4.78, 5) is 2.24. The summed E-state index contributed by atoms with van der Waals surface area (Å²) < 4.78 is 5.71. The van der Waals surface area contributed by atoms with Gasteiger partial charge in [0.05, 0.1) is 12.5 Å². The molecule has 0 aliphatic heterocycles. The van der Waals surface area contributed by atoms with Gasteiger partial charge in [-0.3, -0.25) is 4.90 Å². The van der Waals surface area contributed by atoms with Gasteiger partial charge in [0.2, 0.25) is 0 Å². The Morgan fingerprint density at radius 3 is 2.65 bits per heavy atom. The van der Waals surface area contributed by atoms with Crippen LogP contribution in [0.3, 0.4) is 0 Å². The maximum absolute atomic E-state index is 8.61. The fourth-order valence-corrected chi connectivity index (χ4v) is 2.55. The predicted octanol–water partition coefficient (Wildman–Crippen LogP) is 3.32. The van der Waals surface area contributed by atoms with Crippen LogP contribution in [-0.2, 0) is 13.0 Å². The third kappa shape index (κ3) is 4.69. The highest BCUT2D eigenvalue weighted by Crippen LogP contribution is 2.13. The summed E-state index contributed by atoms with van der Waals surface area (Å²) in [5, 5.41) is 12.9. The molecule has 1 aromatic carbocycles. The van der Waals surface area contributed by atoms with Gasteiger partial charge in [0, 0.05) is 13.1 Å². The molecular formula is C16H18N2OS. The van der Waals surface area contributed by atoms with E-state index >= 15 is 0 Å². The van der Waals surface area contributed by atoms with Gasteiger partial charge in [0.25, 0.3) is 0 Å². The summed E-state index contributed by atoms with van der Waals surface area (Å²) in [5.41, 5.74) is 2.37. The average Bonchev–Trinajstić information content (AvgIpc) is 2.94. The fraction of sp³-hybridized carbons (Fsp3) is 0.312. The molecule has 0 aliphatic carbocycles. The van der Waals surface area contributed by atoms with Crippen LogP contribution in [0.2, 0.25) is 0 Å². The van der Waals surface area contributed by atoms with Crippen molar-refractivity contribution in [2.24, 2.45) is 0 Å². The van der Waals surface area contributed by atoms with Crippen LogP contribution in [0, 0.1) is 11.3 Å². The van der Waals surface area contributed by atoms with Crippen LogP contribution in [0.4, 0.5) is 0 Å². The molecule has 0 saturated carbocycles. The van der Waals surface area contributed by atoms with Crippen molar-refractivity contribution in [2.45, 2.75) is 13.0 Å². The minimum Gasteiger partial charge on any atom is -0.492 e. The molecule has 0 aliphatic rings. The second kappa shape index (κ2) is 7.68. The van der Waals surface area contributed by atoms with Crippen molar-refractivity contribution >= 4 is 11.3 Å². The van der Waals surface area contributed by atoms with Crippen molar-refractivity contribution in [3.63, 3.8) is 0 Å². The molecule has 1 aromatic heterocycles. The van der Waals surface area contributed by atoms with E-state index in [1.807, 2.05) is 24.3 Å². The van der Waals surface area contributed by atoms with Gasteiger partial charge in [-0.05, 0) is 47.1 Å². The largest absolute Gasteiger partial charge is 0.492 e. The molecule has 0 atom stereocenters. The first-order valence-electron chi connectivity index (χ1n) is 6.56. The minimum atomic E-state index is 0.448. The minimum absolute atomic E-state index is 0.448. The molecule has 2 rings (SSSR count). The van der Waals surface area contributed by atoms with Gasteiger partial charge >= 0.3 is 0 Å². The highest BCUT2D eigenvalue weighted by atomic mass is 32.1. The number of likely N-dealkylation sites (N-methyl/N-ethyl adjacent to an activating group) is 1. The monoisotopic (exact) mass is 286 g/mol. The quantitative estimate of drug-likeness (QED) is 0.783. The lowest BCUT2D eigenvalue weighted by molar-refractivity contribution is 0.233. The Morgan fingerprint density at radius 1 is 1.20 bits per heavy atom. The van der Waals surface area contributed by atoms with Crippen LogP contribution in [0.5, 0.6) is 5.75 Å². The van der Waals surface area contributed by atoms with E-state index < -0.39 is 0 Å². The lowest BCUT2D eigenvalue weighted by Gasteiger charge is -2.16. The first-order valence-corrected chi connectivity index (χ1v) is 7.50. The Balaban J connectivity index is 1.71. The highest BCUT2D eigenvalue weighted by molar-refractivity contribution is 7.07. The lowest BCUT2D eigenvalue weighted by Crippen LogP contribution is -2.23. The third-order valence-corrected chi connectivity index (χ3v) is 3.71. The molecule has 20 heavy (non-hydrogen) atoms. The molecule has 0 radical (unpaired) electrons. The molecule has 2 aromatic rings. The van der Waals surface area contributed by atoms with Crippen LogP contribution in [-0.4, -0.2) is 25.1 Å². The van der Waals surface area contributed by atoms with Gasteiger partial charge < -0.3 is 4.74 Å². The number of nitrogens with zero attached hydrogens (tertiary/aromatic N) is 2. The van der Waals surface area contributed by atoms with Crippen LogP contribution in [0.25, 0.3) is 0 Å². The summed E-state index contributed by atoms with van der Waals surface area (Å²) in [7, 11) is 2.09. The summed E-state index contributed by atoms with van der Waals surface area (Å²) >= 11 is 1.73. The third-order valence-electron chi connectivity index (χ3n) is 2.98. The maximum Gasteiger partial charge on any atom is 0.119 e. The number of nitriles is 1. The van der Waals surface area contributed by atoms with E-state index in [9.17, 15) is 0 Å². The Hall–Kier alpha value is -1.83. The van der Waals surface area contributed by atoms with Gasteiger partial charge in [-0.25, -0.2) is 0 Å². The zero-order chi connectivity index (χ0) is 14.2. The van der Waals surface area contributed by atoms with Crippen molar-refractivity contribution in [2.75, 3.05) is 20.2 Å². The molecule has 3 nitrogen and oxygen atoms in total. The molecule has 0 fully saturated rings. The highest BCUT2D eigenvalue weighted by Gasteiger charge is 2.01. The normalized spacial score (nSPS) is 10.4. The van der Waals surface area contributed by atoms with E-state index in [4.69, 9.17) is 10.00 Å². The van der Waals surface area contributed by atoms with Crippen molar-refractivity contribution in [3.05, 3.63) is 52.2 Å². The summed E-state index contributed by atoms with van der Waals surface area (Å²) in [5.74, 6) is 0.857. The number of hydrogen-bond acceptors (Lipinski definition) is 4. The molecule has 0 unspecified atom stereocenters. The summed E-state index contributed by atoms with van der Waals surface area (Å²) in [6, 6.07) is 12.0. The van der Waals surface area contributed by atoms with Gasteiger partial charge in [0.15, 0.2) is 0 Å². The Morgan fingerprint density at radius 2 is 2.00 bits per heavy atom.